The quantitative estimate of drug-likeness (QED) is 0.541. The first kappa shape index (κ1) is 14.9. The van der Waals surface area contributed by atoms with Gasteiger partial charge in [0.2, 0.25) is 0 Å². The zero-order chi connectivity index (χ0) is 8.58. The van der Waals surface area contributed by atoms with E-state index in [2.05, 4.69) is 0 Å². The molecule has 0 aliphatic carbocycles. The molecule has 0 aromatic heterocycles. The van der Waals surface area contributed by atoms with Crippen molar-refractivity contribution in [3.63, 3.8) is 0 Å². The van der Waals surface area contributed by atoms with Crippen LogP contribution in [0.4, 0.5) is 17.6 Å². The molecule has 0 amide bonds. The van der Waals surface area contributed by atoms with Gasteiger partial charge in [-0.1, -0.05) is 0 Å². The Morgan fingerprint density at radius 1 is 1.27 bits per heavy atom. The van der Waals surface area contributed by atoms with Gasteiger partial charge in [0, 0.05) is 0 Å². The van der Waals surface area contributed by atoms with Gasteiger partial charge >= 0.3 is 80.0 Å². The van der Waals surface area contributed by atoms with Crippen LogP contribution in [-0.2, 0) is 10.1 Å². The molecule has 1 N–H and O–H groups in total. The molecule has 9 heteroatoms. The van der Waals surface area contributed by atoms with Gasteiger partial charge in [-0.25, -0.2) is 4.39 Å². The Kier molecular flexibility index (Phi) is 6.26. The van der Waals surface area contributed by atoms with E-state index in [1.54, 1.807) is 0 Å². The third-order valence-corrected chi connectivity index (χ3v) is 1.31. The van der Waals surface area contributed by atoms with Crippen LogP contribution in [0.25, 0.3) is 0 Å². The summed E-state index contributed by atoms with van der Waals surface area (Å²) in [7, 11) is -5.65. The molecule has 64 valence electrons. The normalized spacial score (nSPS) is 15.4. The fourth-order valence-corrected chi connectivity index (χ4v) is 0.507. The molecular weight excluding hydrogens is 266 g/mol. The predicted octanol–water partition coefficient (Wildman–Crippen LogP) is 0.0836. The molecule has 0 saturated heterocycles. The third-order valence-electron chi connectivity index (χ3n) is 0.519. The van der Waals surface area contributed by atoms with Crippen LogP contribution in [0.1, 0.15) is 0 Å². The van der Waals surface area contributed by atoms with Gasteiger partial charge in [-0.15, -0.1) is 0 Å². The van der Waals surface area contributed by atoms with Gasteiger partial charge in [0.05, 0.1) is 0 Å². The summed E-state index contributed by atoms with van der Waals surface area (Å²) in [5.41, 5.74) is -4.21. The van der Waals surface area contributed by atoms with Gasteiger partial charge in [-0.05, 0) is 0 Å². The summed E-state index contributed by atoms with van der Waals surface area (Å²) in [4.78, 5) is 0. The van der Waals surface area contributed by atoms with E-state index in [0.717, 1.165) is 0 Å². The van der Waals surface area contributed by atoms with Crippen LogP contribution in [0.15, 0.2) is 0 Å². The van der Waals surface area contributed by atoms with Crippen LogP contribution in [-0.4, -0.2) is 82.8 Å². The fraction of sp³-hybridized carbons (Fsp3) is 1.00. The van der Waals surface area contributed by atoms with E-state index in [-0.39, 0.29) is 58.2 Å². The average molecular weight is 269 g/mol. The standard InChI is InChI=1S/C2H2F4O3S.Rb.H/c3-1(2(4,5)6)10(7,8)9;;/h1H,(H,7,8,9);;. The summed E-state index contributed by atoms with van der Waals surface area (Å²) in [5.74, 6) is 0. The summed E-state index contributed by atoms with van der Waals surface area (Å²) >= 11 is 0. The number of alkyl halides is 4. The second-order valence-corrected chi connectivity index (χ2v) is 2.82. The molecule has 0 saturated carbocycles. The van der Waals surface area contributed by atoms with Gasteiger partial charge in [0.1, 0.15) is 0 Å². The fourth-order valence-electron chi connectivity index (χ4n) is 0.169. The van der Waals surface area contributed by atoms with Gasteiger partial charge < -0.3 is 0 Å². The second-order valence-electron chi connectivity index (χ2n) is 1.37. The van der Waals surface area contributed by atoms with Crippen LogP contribution >= 0.6 is 0 Å². The first-order valence-electron chi connectivity index (χ1n) is 1.83. The van der Waals surface area contributed by atoms with E-state index in [4.69, 9.17) is 4.55 Å². The van der Waals surface area contributed by atoms with Crippen molar-refractivity contribution in [2.45, 2.75) is 11.7 Å². The molecule has 0 radical (unpaired) electrons. The van der Waals surface area contributed by atoms with E-state index in [9.17, 15) is 26.0 Å². The van der Waals surface area contributed by atoms with Crippen LogP contribution in [0.2, 0.25) is 0 Å². The number of halogens is 4. The molecule has 0 aromatic rings. The van der Waals surface area contributed by atoms with Crippen LogP contribution < -0.4 is 0 Å². The zero-order valence-corrected chi connectivity index (χ0v) is 5.08. The Labute approximate surface area is 109 Å². The summed E-state index contributed by atoms with van der Waals surface area (Å²) < 4.78 is 70.9. The molecule has 0 fully saturated rings. The van der Waals surface area contributed by atoms with Crippen molar-refractivity contribution in [2.75, 3.05) is 0 Å². The van der Waals surface area contributed by atoms with Crippen molar-refractivity contribution >= 4 is 68.3 Å². The Balaban J connectivity index is 0. The van der Waals surface area contributed by atoms with Crippen molar-refractivity contribution in [3.8, 4) is 0 Å². The van der Waals surface area contributed by atoms with Crippen molar-refractivity contribution in [3.05, 3.63) is 0 Å². The van der Waals surface area contributed by atoms with Crippen LogP contribution in [0.3, 0.4) is 0 Å². The molecular formula is C2H3F4O3RbS. The second kappa shape index (κ2) is 4.61. The first-order chi connectivity index (χ1) is 4.15. The van der Waals surface area contributed by atoms with E-state index in [1.807, 2.05) is 0 Å². The Morgan fingerprint density at radius 2 is 1.55 bits per heavy atom. The molecule has 3 nitrogen and oxygen atoms in total. The first-order valence-corrected chi connectivity index (χ1v) is 3.33. The van der Waals surface area contributed by atoms with Crippen molar-refractivity contribution in [1.29, 1.82) is 0 Å². The average Bonchev–Trinajstić information content (AvgIpc) is 1.59. The molecule has 1 unspecified atom stereocenters. The van der Waals surface area contributed by atoms with E-state index in [1.165, 1.54) is 0 Å². The Bertz CT molecular complexity index is 208. The molecule has 0 heterocycles. The number of rotatable bonds is 1. The van der Waals surface area contributed by atoms with E-state index < -0.39 is 21.8 Å². The maximum atomic E-state index is 11.5. The van der Waals surface area contributed by atoms with Crippen LogP contribution in [0, 0.1) is 0 Å². The molecule has 0 spiro atoms. The SMILES string of the molecule is O=S(=O)(O)C(F)C(F)(F)F.[RbH]. The molecule has 0 aliphatic heterocycles. The topological polar surface area (TPSA) is 54.4 Å². The van der Waals surface area contributed by atoms with E-state index in [0.29, 0.717) is 0 Å². The molecule has 11 heavy (non-hydrogen) atoms. The van der Waals surface area contributed by atoms with Gasteiger partial charge in [0.25, 0.3) is 0 Å². The van der Waals surface area contributed by atoms with Gasteiger partial charge in [0.15, 0.2) is 0 Å². The molecule has 0 bridgehead atoms. The van der Waals surface area contributed by atoms with Crippen molar-refractivity contribution in [2.24, 2.45) is 0 Å². The molecule has 0 aliphatic rings. The number of hydrogen-bond donors (Lipinski definition) is 1. The minimum absolute atomic E-state index is 0. The Hall–Kier alpha value is 1.44. The van der Waals surface area contributed by atoms with Crippen LogP contribution in [0.5, 0.6) is 0 Å². The summed E-state index contributed by atoms with van der Waals surface area (Å²) in [6, 6.07) is 0. The van der Waals surface area contributed by atoms with Crippen molar-refractivity contribution in [1.82, 2.24) is 0 Å². The molecule has 0 rings (SSSR count). The summed E-state index contributed by atoms with van der Waals surface area (Å²) in [6.07, 6.45) is -5.56. The monoisotopic (exact) mass is 268 g/mol. The predicted molar refractivity (Wildman–Crippen MR) is 29.6 cm³/mol. The summed E-state index contributed by atoms with van der Waals surface area (Å²) in [6.45, 7) is 0. The molecule has 0 aromatic carbocycles. The molecule has 1 atom stereocenters. The summed E-state index contributed by atoms with van der Waals surface area (Å²) in [5, 5.41) is 0. The zero-order valence-electron chi connectivity index (χ0n) is 4.26. The van der Waals surface area contributed by atoms with Crippen molar-refractivity contribution < 1.29 is 30.5 Å². The van der Waals surface area contributed by atoms with E-state index >= 15 is 0 Å². The third kappa shape index (κ3) is 5.64. The van der Waals surface area contributed by atoms with Gasteiger partial charge in [-0.3, -0.25) is 4.55 Å². The number of hydrogen-bond acceptors (Lipinski definition) is 2. The maximum absolute atomic E-state index is 11.5. The minimum atomic E-state index is -5.65. The van der Waals surface area contributed by atoms with Gasteiger partial charge in [-0.2, -0.15) is 21.6 Å². The Morgan fingerprint density at radius 3 is 1.55 bits per heavy atom.